The smallest absolute Gasteiger partial charge is 0.0648 e. The standard InChI is InChI=1S/C31H34Si/c1-20(2)32(21(3)4,22(5)6)31-12-11-25-15-28-16-26-13-23-9-7-8-10-24(23)14-27(26)17-29(28)18-30(25)19-31/h7-22H,1-6H3. The molecule has 0 bridgehead atoms. The molecular weight excluding hydrogens is 400 g/mol. The van der Waals surface area contributed by atoms with E-state index >= 15 is 0 Å². The SMILES string of the molecule is CC(C)[Si](c1ccc2cc3cc4cc5ccccc5cc4cc3cc2c1)(C(C)C)C(C)C. The summed E-state index contributed by atoms with van der Waals surface area (Å²) in [5.74, 6) is 0. The highest BCUT2D eigenvalue weighted by atomic mass is 28.3. The quantitative estimate of drug-likeness (QED) is 0.195. The monoisotopic (exact) mass is 434 g/mol. The number of fused-ring (bicyclic) bond motifs is 4. The Morgan fingerprint density at radius 3 is 1.16 bits per heavy atom. The van der Waals surface area contributed by atoms with Crippen LogP contribution < -0.4 is 5.19 Å². The molecule has 32 heavy (non-hydrogen) atoms. The fraction of sp³-hybridized carbons (Fsp3) is 0.290. The molecule has 5 aromatic rings. The van der Waals surface area contributed by atoms with Gasteiger partial charge < -0.3 is 0 Å². The van der Waals surface area contributed by atoms with E-state index in [9.17, 15) is 0 Å². The Morgan fingerprint density at radius 2 is 0.750 bits per heavy atom. The maximum atomic E-state index is 2.53. The lowest BCUT2D eigenvalue weighted by Gasteiger charge is -2.43. The first-order valence-corrected chi connectivity index (χ1v) is 14.3. The summed E-state index contributed by atoms with van der Waals surface area (Å²) in [5.41, 5.74) is 2.16. The van der Waals surface area contributed by atoms with E-state index in [2.05, 4.69) is 120 Å². The minimum absolute atomic E-state index is 0.720. The third-order valence-corrected chi connectivity index (χ3v) is 15.0. The molecule has 0 unspecified atom stereocenters. The molecule has 5 rings (SSSR count). The highest BCUT2D eigenvalue weighted by Crippen LogP contribution is 2.41. The average molecular weight is 435 g/mol. The van der Waals surface area contributed by atoms with Gasteiger partial charge in [-0.1, -0.05) is 89.2 Å². The van der Waals surface area contributed by atoms with Gasteiger partial charge in [-0.05, 0) is 96.1 Å². The normalized spacial score (nSPS) is 12.9. The second-order valence-electron chi connectivity index (χ2n) is 10.6. The Morgan fingerprint density at radius 1 is 0.406 bits per heavy atom. The van der Waals surface area contributed by atoms with Crippen molar-refractivity contribution in [1.29, 1.82) is 0 Å². The minimum Gasteiger partial charge on any atom is -0.0648 e. The Labute approximate surface area is 193 Å². The summed E-state index contributed by atoms with van der Waals surface area (Å²) in [6.45, 7) is 14.7. The van der Waals surface area contributed by atoms with Crippen LogP contribution in [0.25, 0.3) is 43.1 Å². The Balaban J connectivity index is 1.74. The average Bonchev–Trinajstić information content (AvgIpc) is 2.74. The molecule has 0 aliphatic carbocycles. The van der Waals surface area contributed by atoms with Crippen molar-refractivity contribution in [2.45, 2.75) is 58.2 Å². The summed E-state index contributed by atoms with van der Waals surface area (Å²) >= 11 is 0. The van der Waals surface area contributed by atoms with Gasteiger partial charge in [0.25, 0.3) is 0 Å². The molecule has 1 heteroatoms. The van der Waals surface area contributed by atoms with Gasteiger partial charge in [-0.2, -0.15) is 0 Å². The van der Waals surface area contributed by atoms with Gasteiger partial charge in [-0.25, -0.2) is 0 Å². The van der Waals surface area contributed by atoms with Gasteiger partial charge in [-0.15, -0.1) is 0 Å². The van der Waals surface area contributed by atoms with Crippen molar-refractivity contribution in [3.63, 3.8) is 0 Å². The van der Waals surface area contributed by atoms with Gasteiger partial charge in [0.05, 0.1) is 8.07 Å². The zero-order valence-electron chi connectivity index (χ0n) is 20.2. The van der Waals surface area contributed by atoms with Crippen LogP contribution in [-0.2, 0) is 0 Å². The van der Waals surface area contributed by atoms with Crippen LogP contribution in [0.2, 0.25) is 16.6 Å². The van der Waals surface area contributed by atoms with E-state index in [1.165, 1.54) is 43.1 Å². The van der Waals surface area contributed by atoms with Crippen LogP contribution in [0.1, 0.15) is 41.5 Å². The fourth-order valence-corrected chi connectivity index (χ4v) is 13.5. The molecule has 0 nitrogen and oxygen atoms in total. The Kier molecular flexibility index (Phi) is 5.13. The summed E-state index contributed by atoms with van der Waals surface area (Å²) in [7, 11) is -1.66. The van der Waals surface area contributed by atoms with Crippen LogP contribution in [-0.4, -0.2) is 8.07 Å². The van der Waals surface area contributed by atoms with E-state index in [4.69, 9.17) is 0 Å². The van der Waals surface area contributed by atoms with Gasteiger partial charge in [0.1, 0.15) is 0 Å². The van der Waals surface area contributed by atoms with Crippen molar-refractivity contribution in [2.75, 3.05) is 0 Å². The first-order valence-electron chi connectivity index (χ1n) is 12.1. The van der Waals surface area contributed by atoms with Crippen LogP contribution >= 0.6 is 0 Å². The first-order chi connectivity index (χ1) is 15.3. The van der Waals surface area contributed by atoms with Crippen molar-refractivity contribution >= 4 is 56.4 Å². The van der Waals surface area contributed by atoms with E-state index < -0.39 is 8.07 Å². The van der Waals surface area contributed by atoms with E-state index in [1.807, 2.05) is 0 Å². The summed E-state index contributed by atoms with van der Waals surface area (Å²) in [6.07, 6.45) is 0. The molecule has 0 fully saturated rings. The van der Waals surface area contributed by atoms with E-state index in [0.29, 0.717) is 0 Å². The first kappa shape index (κ1) is 21.2. The molecule has 0 aromatic heterocycles. The number of rotatable bonds is 4. The second kappa shape index (κ2) is 7.74. The van der Waals surface area contributed by atoms with E-state index in [1.54, 1.807) is 5.19 Å². The number of benzene rings is 5. The number of hydrogen-bond acceptors (Lipinski definition) is 0. The molecule has 0 aliphatic heterocycles. The zero-order valence-corrected chi connectivity index (χ0v) is 21.2. The molecule has 0 saturated carbocycles. The van der Waals surface area contributed by atoms with E-state index in [-0.39, 0.29) is 0 Å². The molecule has 0 radical (unpaired) electrons. The van der Waals surface area contributed by atoms with Crippen molar-refractivity contribution < 1.29 is 0 Å². The lowest BCUT2D eigenvalue weighted by molar-refractivity contribution is 0.835. The molecule has 0 spiro atoms. The van der Waals surface area contributed by atoms with Crippen LogP contribution in [0.4, 0.5) is 0 Å². The molecule has 162 valence electrons. The molecule has 0 aliphatic rings. The molecule has 0 N–H and O–H groups in total. The van der Waals surface area contributed by atoms with Crippen molar-refractivity contribution in [1.82, 2.24) is 0 Å². The maximum absolute atomic E-state index is 2.53. The fourth-order valence-electron chi connectivity index (χ4n) is 6.71. The summed E-state index contributed by atoms with van der Waals surface area (Å²) in [4.78, 5) is 0. The topological polar surface area (TPSA) is 0 Å². The lowest BCUT2D eigenvalue weighted by atomic mass is 9.97. The highest BCUT2D eigenvalue weighted by molar-refractivity contribution is 6.95. The van der Waals surface area contributed by atoms with Gasteiger partial charge in [-0.3, -0.25) is 0 Å². The summed E-state index contributed by atoms with van der Waals surface area (Å²) < 4.78 is 0. The molecule has 5 aromatic carbocycles. The third-order valence-electron chi connectivity index (χ3n) is 7.98. The highest BCUT2D eigenvalue weighted by Gasteiger charge is 2.44. The van der Waals surface area contributed by atoms with Crippen LogP contribution in [0.3, 0.4) is 0 Å². The van der Waals surface area contributed by atoms with Crippen molar-refractivity contribution in [2.24, 2.45) is 0 Å². The minimum atomic E-state index is -1.66. The van der Waals surface area contributed by atoms with Gasteiger partial charge in [0.2, 0.25) is 0 Å². The maximum Gasteiger partial charge on any atom is 0.0942 e. The van der Waals surface area contributed by atoms with Gasteiger partial charge in [0.15, 0.2) is 0 Å². The van der Waals surface area contributed by atoms with Crippen LogP contribution in [0, 0.1) is 0 Å². The van der Waals surface area contributed by atoms with Crippen LogP contribution in [0.15, 0.2) is 78.9 Å². The molecular formula is C31H34Si. The second-order valence-corrected chi connectivity index (χ2v) is 16.5. The van der Waals surface area contributed by atoms with Crippen molar-refractivity contribution in [3.8, 4) is 0 Å². The predicted octanol–water partition coefficient (Wildman–Crippen LogP) is 9.19. The van der Waals surface area contributed by atoms with Crippen LogP contribution in [0.5, 0.6) is 0 Å². The van der Waals surface area contributed by atoms with E-state index in [0.717, 1.165) is 16.6 Å². The largest absolute Gasteiger partial charge is 0.0942 e. The van der Waals surface area contributed by atoms with Gasteiger partial charge >= 0.3 is 0 Å². The Hall–Kier alpha value is -2.64. The third kappa shape index (κ3) is 3.18. The van der Waals surface area contributed by atoms with Gasteiger partial charge in [0, 0.05) is 0 Å². The predicted molar refractivity (Wildman–Crippen MR) is 147 cm³/mol. The zero-order chi connectivity index (χ0) is 22.6. The Bertz CT molecular complexity index is 1430. The lowest BCUT2D eigenvalue weighted by Crippen LogP contribution is -2.55. The molecule has 0 saturated heterocycles. The summed E-state index contributed by atoms with van der Waals surface area (Å²) in [6, 6.07) is 30.2. The van der Waals surface area contributed by atoms with Crippen molar-refractivity contribution in [3.05, 3.63) is 78.9 Å². The molecule has 0 heterocycles. The molecule has 0 amide bonds. The summed E-state index contributed by atoms with van der Waals surface area (Å²) in [5, 5.41) is 12.3. The molecule has 0 atom stereocenters. The number of hydrogen-bond donors (Lipinski definition) is 0.